The molecule has 0 atom stereocenters. The van der Waals surface area contributed by atoms with Crippen molar-refractivity contribution in [3.8, 4) is 11.5 Å². The molecule has 0 amide bonds. The van der Waals surface area contributed by atoms with E-state index >= 15 is 0 Å². The topological polar surface area (TPSA) is 85.4 Å². The van der Waals surface area contributed by atoms with Gasteiger partial charge in [0.25, 0.3) is 0 Å². The summed E-state index contributed by atoms with van der Waals surface area (Å²) in [5.41, 5.74) is 0.769. The Hall–Kier alpha value is -2.44. The minimum absolute atomic E-state index is 0.0853. The third kappa shape index (κ3) is 2.14. The largest absolute Gasteiger partial charge is 0.504 e. The van der Waals surface area contributed by atoms with Crippen LogP contribution in [0.15, 0.2) is 29.6 Å². The summed E-state index contributed by atoms with van der Waals surface area (Å²) >= 11 is 0. The minimum Gasteiger partial charge on any atom is -0.504 e. The first-order valence-corrected chi connectivity index (χ1v) is 4.44. The van der Waals surface area contributed by atoms with Crippen LogP contribution in [0.3, 0.4) is 0 Å². The number of benzene rings is 1. The number of hydrogen-bond acceptors (Lipinski definition) is 6. The van der Waals surface area contributed by atoms with Gasteiger partial charge in [-0.05, 0) is 34.2 Å². The van der Waals surface area contributed by atoms with Crippen molar-refractivity contribution in [3.63, 3.8) is 0 Å². The van der Waals surface area contributed by atoms with Gasteiger partial charge in [0.15, 0.2) is 17.8 Å². The molecule has 2 aromatic rings. The second kappa shape index (κ2) is 4.39. The van der Waals surface area contributed by atoms with Crippen molar-refractivity contribution in [2.45, 2.75) is 0 Å². The highest BCUT2D eigenvalue weighted by molar-refractivity contribution is 5.80. The molecule has 0 bridgehead atoms. The number of ether oxygens (including phenoxy) is 1. The number of aromatic hydroxyl groups is 1. The second-order valence-corrected chi connectivity index (χ2v) is 2.91. The molecule has 0 radical (unpaired) electrons. The zero-order valence-corrected chi connectivity index (χ0v) is 8.48. The van der Waals surface area contributed by atoms with Gasteiger partial charge in [0.2, 0.25) is 0 Å². The minimum atomic E-state index is 0.0853. The lowest BCUT2D eigenvalue weighted by molar-refractivity contribution is 0.373. The number of phenolic OH excluding ortho intramolecular Hbond substituents is 1. The van der Waals surface area contributed by atoms with E-state index in [9.17, 15) is 5.11 Å². The molecule has 0 saturated carbocycles. The normalized spacial score (nSPS) is 10.8. The number of nitrogens with zero attached hydrogens (tertiary/aromatic N) is 5. The highest BCUT2D eigenvalue weighted by Gasteiger charge is 2.00. The SMILES string of the molecule is COc1cc(C=Nn2cnnn2)ccc1O. The number of aromatic nitrogens is 4. The third-order valence-electron chi connectivity index (χ3n) is 1.87. The Morgan fingerprint density at radius 2 is 2.38 bits per heavy atom. The van der Waals surface area contributed by atoms with E-state index in [1.165, 1.54) is 24.3 Å². The van der Waals surface area contributed by atoms with E-state index in [4.69, 9.17) is 4.74 Å². The lowest BCUT2D eigenvalue weighted by atomic mass is 10.2. The predicted molar refractivity (Wildman–Crippen MR) is 55.5 cm³/mol. The van der Waals surface area contributed by atoms with Crippen LogP contribution >= 0.6 is 0 Å². The lowest BCUT2D eigenvalue weighted by Crippen LogP contribution is -1.92. The molecule has 0 saturated heterocycles. The quantitative estimate of drug-likeness (QED) is 0.749. The molecule has 82 valence electrons. The fraction of sp³-hybridized carbons (Fsp3) is 0.111. The number of phenols is 1. The average Bonchev–Trinajstić information content (AvgIpc) is 2.81. The summed E-state index contributed by atoms with van der Waals surface area (Å²) in [6.07, 6.45) is 2.92. The summed E-state index contributed by atoms with van der Waals surface area (Å²) in [5.74, 6) is 0.475. The van der Waals surface area contributed by atoms with Crippen LogP contribution in [-0.2, 0) is 0 Å². The summed E-state index contributed by atoms with van der Waals surface area (Å²) in [4.78, 5) is 1.22. The summed E-state index contributed by atoms with van der Waals surface area (Å²) in [6, 6.07) is 4.88. The fourth-order valence-corrected chi connectivity index (χ4v) is 1.11. The van der Waals surface area contributed by atoms with Crippen molar-refractivity contribution in [1.29, 1.82) is 0 Å². The second-order valence-electron chi connectivity index (χ2n) is 2.91. The van der Waals surface area contributed by atoms with Gasteiger partial charge in [-0.2, -0.15) is 5.10 Å². The van der Waals surface area contributed by atoms with Gasteiger partial charge in [-0.1, -0.05) is 0 Å². The van der Waals surface area contributed by atoms with Gasteiger partial charge in [-0.25, -0.2) is 0 Å². The maximum atomic E-state index is 9.38. The molecular weight excluding hydrogens is 210 g/mol. The fourth-order valence-electron chi connectivity index (χ4n) is 1.11. The van der Waals surface area contributed by atoms with E-state index in [-0.39, 0.29) is 5.75 Å². The highest BCUT2D eigenvalue weighted by Crippen LogP contribution is 2.25. The Balaban J connectivity index is 2.22. The Morgan fingerprint density at radius 1 is 1.50 bits per heavy atom. The van der Waals surface area contributed by atoms with E-state index in [1.807, 2.05) is 0 Å². The van der Waals surface area contributed by atoms with Crippen LogP contribution in [0.25, 0.3) is 0 Å². The van der Waals surface area contributed by atoms with E-state index in [2.05, 4.69) is 20.6 Å². The Kier molecular flexibility index (Phi) is 2.77. The van der Waals surface area contributed by atoms with E-state index in [0.717, 1.165) is 5.56 Å². The molecule has 0 aliphatic heterocycles. The molecule has 1 aromatic heterocycles. The summed E-state index contributed by atoms with van der Waals surface area (Å²) in [5, 5.41) is 23.8. The molecule has 0 spiro atoms. The summed E-state index contributed by atoms with van der Waals surface area (Å²) < 4.78 is 4.96. The maximum Gasteiger partial charge on any atom is 0.164 e. The van der Waals surface area contributed by atoms with Crippen LogP contribution in [0.2, 0.25) is 0 Å². The average molecular weight is 219 g/mol. The van der Waals surface area contributed by atoms with Crippen LogP contribution in [0.4, 0.5) is 0 Å². The van der Waals surface area contributed by atoms with Crippen molar-refractivity contribution in [2.24, 2.45) is 5.10 Å². The Labute approximate surface area is 91.0 Å². The van der Waals surface area contributed by atoms with Crippen molar-refractivity contribution >= 4 is 6.21 Å². The van der Waals surface area contributed by atoms with E-state index in [1.54, 1.807) is 18.3 Å². The molecular formula is C9H9N5O2. The van der Waals surface area contributed by atoms with Crippen LogP contribution in [0.1, 0.15) is 5.56 Å². The van der Waals surface area contributed by atoms with Crippen molar-refractivity contribution in [3.05, 3.63) is 30.1 Å². The molecule has 7 heteroatoms. The number of tetrazole rings is 1. The molecule has 1 N–H and O–H groups in total. The van der Waals surface area contributed by atoms with Gasteiger partial charge in [0.05, 0.1) is 13.3 Å². The van der Waals surface area contributed by atoms with Crippen LogP contribution in [0.5, 0.6) is 11.5 Å². The van der Waals surface area contributed by atoms with Gasteiger partial charge in [-0.3, -0.25) is 0 Å². The van der Waals surface area contributed by atoms with E-state index < -0.39 is 0 Å². The number of methoxy groups -OCH3 is 1. The first-order chi connectivity index (χ1) is 7.79. The maximum absolute atomic E-state index is 9.38. The standard InChI is InChI=1S/C9H9N5O2/c1-16-9-4-7(2-3-8(9)15)5-11-14-6-10-12-13-14/h2-6,15H,1H3. The summed E-state index contributed by atoms with van der Waals surface area (Å²) in [7, 11) is 1.48. The molecule has 0 aliphatic carbocycles. The van der Waals surface area contributed by atoms with Crippen LogP contribution in [-0.4, -0.2) is 38.7 Å². The molecule has 1 heterocycles. The van der Waals surface area contributed by atoms with Crippen LogP contribution in [0, 0.1) is 0 Å². The molecule has 0 aliphatic rings. The highest BCUT2D eigenvalue weighted by atomic mass is 16.5. The first-order valence-electron chi connectivity index (χ1n) is 4.44. The Morgan fingerprint density at radius 3 is 3.06 bits per heavy atom. The van der Waals surface area contributed by atoms with Gasteiger partial charge < -0.3 is 9.84 Å². The number of rotatable bonds is 3. The van der Waals surface area contributed by atoms with Crippen molar-refractivity contribution in [1.82, 2.24) is 20.3 Å². The zero-order valence-electron chi connectivity index (χ0n) is 8.48. The zero-order chi connectivity index (χ0) is 11.4. The van der Waals surface area contributed by atoms with Gasteiger partial charge in [-0.15, -0.1) is 9.89 Å². The molecule has 1 aromatic carbocycles. The lowest BCUT2D eigenvalue weighted by Gasteiger charge is -2.02. The van der Waals surface area contributed by atoms with E-state index in [0.29, 0.717) is 5.75 Å². The third-order valence-corrected chi connectivity index (χ3v) is 1.87. The van der Waals surface area contributed by atoms with Gasteiger partial charge >= 0.3 is 0 Å². The molecule has 7 nitrogen and oxygen atoms in total. The van der Waals surface area contributed by atoms with Crippen molar-refractivity contribution in [2.75, 3.05) is 7.11 Å². The Bertz CT molecular complexity index is 495. The molecule has 0 unspecified atom stereocenters. The molecule has 16 heavy (non-hydrogen) atoms. The van der Waals surface area contributed by atoms with Gasteiger partial charge in [0, 0.05) is 0 Å². The molecule has 0 fully saturated rings. The van der Waals surface area contributed by atoms with Crippen molar-refractivity contribution < 1.29 is 9.84 Å². The molecule has 2 rings (SSSR count). The number of hydrogen-bond donors (Lipinski definition) is 1. The summed E-state index contributed by atoms with van der Waals surface area (Å²) in [6.45, 7) is 0. The smallest absolute Gasteiger partial charge is 0.164 e. The van der Waals surface area contributed by atoms with Crippen LogP contribution < -0.4 is 4.74 Å². The first kappa shape index (κ1) is 10.1. The predicted octanol–water partition coefficient (Wildman–Crippen LogP) is 0.269. The van der Waals surface area contributed by atoms with Gasteiger partial charge in [0.1, 0.15) is 0 Å². The monoisotopic (exact) mass is 219 g/mol.